The Bertz CT molecular complexity index is 297. The van der Waals surface area contributed by atoms with E-state index in [1.807, 2.05) is 0 Å². The molecule has 1 aromatic rings. The summed E-state index contributed by atoms with van der Waals surface area (Å²) in [5, 5.41) is 3.33. The maximum Gasteiger partial charge on any atom is 0.123 e. The minimum absolute atomic E-state index is 0.203. The highest BCUT2D eigenvalue weighted by atomic mass is 19.1. The van der Waals surface area contributed by atoms with Gasteiger partial charge in [-0.3, -0.25) is 0 Å². The second-order valence-corrected chi connectivity index (χ2v) is 3.85. The lowest BCUT2D eigenvalue weighted by atomic mass is 10.2. The Morgan fingerprint density at radius 2 is 1.93 bits per heavy atom. The lowest BCUT2D eigenvalue weighted by molar-refractivity contribution is 0.625. The van der Waals surface area contributed by atoms with Crippen molar-refractivity contribution < 1.29 is 4.39 Å². The number of halogens is 1. The quantitative estimate of drug-likeness (QED) is 0.756. The average Bonchev–Trinajstić information content (AvgIpc) is 2.56. The van der Waals surface area contributed by atoms with Gasteiger partial charge in [-0.05, 0) is 43.5 Å². The molecule has 1 aliphatic carbocycles. The van der Waals surface area contributed by atoms with Gasteiger partial charge < -0.3 is 11.1 Å². The highest BCUT2D eigenvalue weighted by Crippen LogP contribution is 2.21. The molecule has 0 heterocycles. The van der Waals surface area contributed by atoms with E-state index >= 15 is 0 Å². The fourth-order valence-electron chi connectivity index (χ4n) is 1.93. The van der Waals surface area contributed by atoms with Crippen LogP contribution in [0.2, 0.25) is 0 Å². The van der Waals surface area contributed by atoms with Gasteiger partial charge in [-0.1, -0.05) is 0 Å². The molecule has 0 aliphatic heterocycles. The van der Waals surface area contributed by atoms with Crippen LogP contribution in [0.5, 0.6) is 0 Å². The van der Waals surface area contributed by atoms with Gasteiger partial charge in [0.1, 0.15) is 5.82 Å². The molecule has 0 aromatic heterocycles. The molecule has 0 radical (unpaired) electrons. The largest absolute Gasteiger partial charge is 0.381 e. The summed E-state index contributed by atoms with van der Waals surface area (Å²) < 4.78 is 12.6. The molecular formula is C11H15FN2. The maximum atomic E-state index is 12.6. The summed E-state index contributed by atoms with van der Waals surface area (Å²) in [4.78, 5) is 0. The third-order valence-corrected chi connectivity index (χ3v) is 2.77. The summed E-state index contributed by atoms with van der Waals surface area (Å²) in [5.74, 6) is -0.203. The second kappa shape index (κ2) is 3.96. The van der Waals surface area contributed by atoms with Crippen molar-refractivity contribution in [2.24, 2.45) is 5.73 Å². The molecule has 14 heavy (non-hydrogen) atoms. The van der Waals surface area contributed by atoms with Crippen LogP contribution < -0.4 is 11.1 Å². The SMILES string of the molecule is N[C@@H]1CCC[C@@H]1Nc1ccc(F)cc1. The van der Waals surface area contributed by atoms with Gasteiger partial charge in [-0.25, -0.2) is 4.39 Å². The number of rotatable bonds is 2. The van der Waals surface area contributed by atoms with Crippen LogP contribution in [-0.4, -0.2) is 12.1 Å². The minimum Gasteiger partial charge on any atom is -0.381 e. The summed E-state index contributed by atoms with van der Waals surface area (Å²) in [6.45, 7) is 0. The van der Waals surface area contributed by atoms with Gasteiger partial charge in [-0.15, -0.1) is 0 Å². The molecule has 2 atom stereocenters. The van der Waals surface area contributed by atoms with Crippen molar-refractivity contribution in [2.45, 2.75) is 31.3 Å². The van der Waals surface area contributed by atoms with Crippen molar-refractivity contribution in [1.82, 2.24) is 0 Å². The van der Waals surface area contributed by atoms with E-state index in [1.165, 1.54) is 18.6 Å². The lowest BCUT2D eigenvalue weighted by Crippen LogP contribution is -2.35. The van der Waals surface area contributed by atoms with E-state index in [1.54, 1.807) is 12.1 Å². The second-order valence-electron chi connectivity index (χ2n) is 3.85. The smallest absolute Gasteiger partial charge is 0.123 e. The molecule has 76 valence electrons. The molecule has 1 saturated carbocycles. The van der Waals surface area contributed by atoms with E-state index in [2.05, 4.69) is 5.32 Å². The van der Waals surface area contributed by atoms with E-state index in [0.717, 1.165) is 18.5 Å². The molecule has 0 spiro atoms. The fourth-order valence-corrected chi connectivity index (χ4v) is 1.93. The van der Waals surface area contributed by atoms with Crippen molar-refractivity contribution in [2.75, 3.05) is 5.32 Å². The van der Waals surface area contributed by atoms with Gasteiger partial charge >= 0.3 is 0 Å². The predicted octanol–water partition coefficient (Wildman–Crippen LogP) is 2.12. The van der Waals surface area contributed by atoms with Crippen LogP contribution in [0.15, 0.2) is 24.3 Å². The average molecular weight is 194 g/mol. The summed E-state index contributed by atoms with van der Waals surface area (Å²) >= 11 is 0. The summed E-state index contributed by atoms with van der Waals surface area (Å²) in [7, 11) is 0. The normalized spacial score (nSPS) is 26.4. The van der Waals surface area contributed by atoms with Gasteiger partial charge in [0.05, 0.1) is 0 Å². The van der Waals surface area contributed by atoms with E-state index in [-0.39, 0.29) is 11.9 Å². The number of benzene rings is 1. The molecule has 2 nitrogen and oxygen atoms in total. The van der Waals surface area contributed by atoms with E-state index < -0.39 is 0 Å². The Morgan fingerprint density at radius 1 is 1.21 bits per heavy atom. The highest BCUT2D eigenvalue weighted by Gasteiger charge is 2.23. The third kappa shape index (κ3) is 2.04. The first-order valence-corrected chi connectivity index (χ1v) is 5.03. The van der Waals surface area contributed by atoms with E-state index in [0.29, 0.717) is 6.04 Å². The Labute approximate surface area is 83.3 Å². The predicted molar refractivity (Wildman–Crippen MR) is 55.6 cm³/mol. The van der Waals surface area contributed by atoms with Crippen LogP contribution in [0, 0.1) is 5.82 Å². The van der Waals surface area contributed by atoms with Gasteiger partial charge in [0.2, 0.25) is 0 Å². The first-order valence-electron chi connectivity index (χ1n) is 5.03. The van der Waals surface area contributed by atoms with Crippen LogP contribution in [0.3, 0.4) is 0 Å². The molecular weight excluding hydrogens is 179 g/mol. The van der Waals surface area contributed by atoms with E-state index in [9.17, 15) is 4.39 Å². The first kappa shape index (κ1) is 9.46. The number of nitrogens with one attached hydrogen (secondary N) is 1. The van der Waals surface area contributed by atoms with Crippen molar-refractivity contribution in [3.05, 3.63) is 30.1 Å². The number of hydrogen-bond donors (Lipinski definition) is 2. The van der Waals surface area contributed by atoms with Crippen LogP contribution >= 0.6 is 0 Å². The van der Waals surface area contributed by atoms with Crippen molar-refractivity contribution >= 4 is 5.69 Å². The molecule has 1 aliphatic rings. The van der Waals surface area contributed by atoms with Crippen molar-refractivity contribution in [3.8, 4) is 0 Å². The fraction of sp³-hybridized carbons (Fsp3) is 0.455. The molecule has 0 unspecified atom stereocenters. The molecule has 2 rings (SSSR count). The van der Waals surface area contributed by atoms with Crippen LogP contribution in [0.25, 0.3) is 0 Å². The van der Waals surface area contributed by atoms with Gasteiger partial charge in [0, 0.05) is 17.8 Å². The Kier molecular flexibility index (Phi) is 2.68. The van der Waals surface area contributed by atoms with Crippen molar-refractivity contribution in [3.63, 3.8) is 0 Å². The van der Waals surface area contributed by atoms with Crippen LogP contribution in [0.4, 0.5) is 10.1 Å². The lowest BCUT2D eigenvalue weighted by Gasteiger charge is -2.18. The highest BCUT2D eigenvalue weighted by molar-refractivity contribution is 5.44. The Morgan fingerprint density at radius 3 is 2.50 bits per heavy atom. The maximum absolute atomic E-state index is 12.6. The van der Waals surface area contributed by atoms with Crippen LogP contribution in [-0.2, 0) is 0 Å². The van der Waals surface area contributed by atoms with E-state index in [4.69, 9.17) is 5.73 Å². The first-order chi connectivity index (χ1) is 6.75. The summed E-state index contributed by atoms with van der Waals surface area (Å²) in [6, 6.07) is 7.01. The zero-order valence-corrected chi connectivity index (χ0v) is 8.04. The molecule has 0 bridgehead atoms. The molecule has 3 N–H and O–H groups in total. The Balaban J connectivity index is 2.00. The molecule has 0 amide bonds. The van der Waals surface area contributed by atoms with Gasteiger partial charge in [-0.2, -0.15) is 0 Å². The minimum atomic E-state index is -0.203. The summed E-state index contributed by atoms with van der Waals surface area (Å²) in [6.07, 6.45) is 3.37. The van der Waals surface area contributed by atoms with Crippen LogP contribution in [0.1, 0.15) is 19.3 Å². The molecule has 0 saturated heterocycles. The zero-order valence-electron chi connectivity index (χ0n) is 8.04. The van der Waals surface area contributed by atoms with Gasteiger partial charge in [0.25, 0.3) is 0 Å². The summed E-state index contributed by atoms with van der Waals surface area (Å²) in [5.41, 5.74) is 6.87. The van der Waals surface area contributed by atoms with Crippen molar-refractivity contribution in [1.29, 1.82) is 0 Å². The Hall–Kier alpha value is -1.09. The molecule has 1 fully saturated rings. The number of anilines is 1. The monoisotopic (exact) mass is 194 g/mol. The zero-order chi connectivity index (χ0) is 9.97. The standard InChI is InChI=1S/C11H15FN2/c12-8-4-6-9(7-5-8)14-11-3-1-2-10(11)13/h4-7,10-11,14H,1-3,13H2/t10-,11+/m1/s1. The topological polar surface area (TPSA) is 38.0 Å². The van der Waals surface area contributed by atoms with Gasteiger partial charge in [0.15, 0.2) is 0 Å². The number of nitrogens with two attached hydrogens (primary N) is 1. The molecule has 1 aromatic carbocycles. The number of hydrogen-bond acceptors (Lipinski definition) is 2. The third-order valence-electron chi connectivity index (χ3n) is 2.77. The molecule has 3 heteroatoms.